The highest BCUT2D eigenvalue weighted by atomic mass is 35.5. The van der Waals surface area contributed by atoms with Crippen molar-refractivity contribution in [3.63, 3.8) is 0 Å². The maximum atomic E-state index is 5.96. The molecule has 0 aliphatic heterocycles. The molecule has 0 atom stereocenters. The number of fused-ring (bicyclic) bond motifs is 1. The van der Waals surface area contributed by atoms with E-state index in [1.54, 1.807) is 0 Å². The van der Waals surface area contributed by atoms with Crippen LogP contribution >= 0.6 is 11.6 Å². The second-order valence-electron chi connectivity index (χ2n) is 5.81. The summed E-state index contributed by atoms with van der Waals surface area (Å²) in [6.45, 7) is 3.29. The van der Waals surface area contributed by atoms with Crippen LogP contribution < -0.4 is 5.73 Å². The molecule has 0 aromatic heterocycles. The lowest BCUT2D eigenvalue weighted by Gasteiger charge is -2.22. The second kappa shape index (κ2) is 7.60. The molecule has 0 radical (unpaired) electrons. The first-order chi connectivity index (χ1) is 11.2. The molecule has 0 fully saturated rings. The zero-order valence-electron chi connectivity index (χ0n) is 13.1. The van der Waals surface area contributed by atoms with Crippen molar-refractivity contribution in [2.75, 3.05) is 13.1 Å². The number of rotatable bonds is 6. The zero-order chi connectivity index (χ0) is 16.1. The highest BCUT2D eigenvalue weighted by molar-refractivity contribution is 6.30. The average Bonchev–Trinajstić information content (AvgIpc) is 2.57. The van der Waals surface area contributed by atoms with E-state index in [9.17, 15) is 0 Å². The van der Waals surface area contributed by atoms with E-state index in [0.29, 0.717) is 6.54 Å². The fourth-order valence-corrected chi connectivity index (χ4v) is 2.97. The van der Waals surface area contributed by atoms with Gasteiger partial charge in [-0.25, -0.2) is 0 Å². The van der Waals surface area contributed by atoms with Crippen molar-refractivity contribution in [3.05, 3.63) is 82.9 Å². The topological polar surface area (TPSA) is 29.3 Å². The Balaban J connectivity index is 1.76. The van der Waals surface area contributed by atoms with E-state index in [1.807, 2.05) is 12.1 Å². The smallest absolute Gasteiger partial charge is 0.0406 e. The molecule has 2 nitrogen and oxygen atoms in total. The summed E-state index contributed by atoms with van der Waals surface area (Å²) >= 11 is 5.96. The van der Waals surface area contributed by atoms with Crippen molar-refractivity contribution in [3.8, 4) is 0 Å². The minimum atomic E-state index is 0.654. The lowest BCUT2D eigenvalue weighted by molar-refractivity contribution is 0.264. The number of nitrogens with two attached hydrogens (primary N) is 1. The van der Waals surface area contributed by atoms with E-state index < -0.39 is 0 Å². The van der Waals surface area contributed by atoms with Crippen LogP contribution in [0, 0.1) is 0 Å². The van der Waals surface area contributed by atoms with Crippen LogP contribution in [0.3, 0.4) is 0 Å². The first-order valence-corrected chi connectivity index (χ1v) is 8.27. The van der Waals surface area contributed by atoms with Gasteiger partial charge in [0.05, 0.1) is 0 Å². The molecule has 23 heavy (non-hydrogen) atoms. The van der Waals surface area contributed by atoms with Crippen molar-refractivity contribution in [1.82, 2.24) is 4.90 Å². The van der Waals surface area contributed by atoms with Crippen molar-refractivity contribution in [1.29, 1.82) is 0 Å². The third-order valence-electron chi connectivity index (χ3n) is 3.98. The van der Waals surface area contributed by atoms with Crippen LogP contribution in [0.4, 0.5) is 0 Å². The molecule has 0 aliphatic rings. The SMILES string of the molecule is NCCN(Cc1ccc(Cl)cc1)Cc1ccc2ccccc2c1. The minimum absolute atomic E-state index is 0.654. The van der Waals surface area contributed by atoms with Gasteiger partial charge in [0.25, 0.3) is 0 Å². The fraction of sp³-hybridized carbons (Fsp3) is 0.200. The van der Waals surface area contributed by atoms with Crippen molar-refractivity contribution in [2.24, 2.45) is 5.73 Å². The van der Waals surface area contributed by atoms with Crippen LogP contribution in [-0.2, 0) is 13.1 Å². The van der Waals surface area contributed by atoms with E-state index in [4.69, 9.17) is 17.3 Å². The van der Waals surface area contributed by atoms with Crippen molar-refractivity contribution >= 4 is 22.4 Å². The Hall–Kier alpha value is -1.87. The maximum Gasteiger partial charge on any atom is 0.0406 e. The van der Waals surface area contributed by atoms with Gasteiger partial charge in [0, 0.05) is 31.2 Å². The summed E-state index contributed by atoms with van der Waals surface area (Å²) in [5.41, 5.74) is 8.35. The Morgan fingerprint density at radius 3 is 2.17 bits per heavy atom. The number of hydrogen-bond donors (Lipinski definition) is 1. The molecular formula is C20H21ClN2. The molecule has 0 bridgehead atoms. The fourth-order valence-electron chi connectivity index (χ4n) is 2.84. The Morgan fingerprint density at radius 1 is 0.783 bits per heavy atom. The molecular weight excluding hydrogens is 304 g/mol. The Kier molecular flexibility index (Phi) is 5.29. The summed E-state index contributed by atoms with van der Waals surface area (Å²) < 4.78 is 0. The molecule has 2 N–H and O–H groups in total. The maximum absolute atomic E-state index is 5.96. The number of nitrogens with zero attached hydrogens (tertiary/aromatic N) is 1. The van der Waals surface area contributed by atoms with Gasteiger partial charge in [-0.3, -0.25) is 4.90 Å². The molecule has 0 heterocycles. The number of hydrogen-bond acceptors (Lipinski definition) is 2. The van der Waals surface area contributed by atoms with Gasteiger partial charge >= 0.3 is 0 Å². The number of benzene rings is 3. The van der Waals surface area contributed by atoms with Crippen LogP contribution in [0.15, 0.2) is 66.7 Å². The average molecular weight is 325 g/mol. The predicted octanol–water partition coefficient (Wildman–Crippen LogP) is 4.45. The van der Waals surface area contributed by atoms with Gasteiger partial charge in [-0.15, -0.1) is 0 Å². The van der Waals surface area contributed by atoms with Gasteiger partial charge in [0.1, 0.15) is 0 Å². The lowest BCUT2D eigenvalue weighted by Crippen LogP contribution is -2.28. The van der Waals surface area contributed by atoms with Gasteiger partial charge in [-0.1, -0.05) is 60.1 Å². The summed E-state index contributed by atoms with van der Waals surface area (Å²) in [5, 5.41) is 3.33. The molecule has 0 amide bonds. The van der Waals surface area contributed by atoms with Crippen molar-refractivity contribution in [2.45, 2.75) is 13.1 Å². The molecule has 0 saturated heterocycles. The van der Waals surface area contributed by atoms with E-state index in [-0.39, 0.29) is 0 Å². The van der Waals surface area contributed by atoms with E-state index in [0.717, 1.165) is 24.7 Å². The molecule has 0 unspecified atom stereocenters. The largest absolute Gasteiger partial charge is 0.329 e. The molecule has 3 aromatic rings. The molecule has 118 valence electrons. The van der Waals surface area contributed by atoms with Crippen LogP contribution in [0.25, 0.3) is 10.8 Å². The Labute approximate surface area is 142 Å². The summed E-state index contributed by atoms with van der Waals surface area (Å²) in [4.78, 5) is 2.37. The van der Waals surface area contributed by atoms with Gasteiger partial charge in [0.2, 0.25) is 0 Å². The van der Waals surface area contributed by atoms with Crippen LogP contribution in [-0.4, -0.2) is 18.0 Å². The number of halogens is 1. The van der Waals surface area contributed by atoms with Gasteiger partial charge in [-0.2, -0.15) is 0 Å². The first-order valence-electron chi connectivity index (χ1n) is 7.89. The summed E-state index contributed by atoms with van der Waals surface area (Å²) in [6, 6.07) is 23.1. The van der Waals surface area contributed by atoms with Crippen LogP contribution in [0.5, 0.6) is 0 Å². The normalized spacial score (nSPS) is 11.3. The Morgan fingerprint density at radius 2 is 1.43 bits per heavy atom. The third kappa shape index (κ3) is 4.32. The van der Waals surface area contributed by atoms with E-state index >= 15 is 0 Å². The van der Waals surface area contributed by atoms with Gasteiger partial charge in [0.15, 0.2) is 0 Å². The standard InChI is InChI=1S/C20H21ClN2/c21-20-9-6-16(7-10-20)14-23(12-11-22)15-17-5-8-18-3-1-2-4-19(18)13-17/h1-10,13H,11-12,14-15,22H2. The summed E-state index contributed by atoms with van der Waals surface area (Å²) in [6.07, 6.45) is 0. The monoisotopic (exact) mass is 324 g/mol. The highest BCUT2D eigenvalue weighted by Crippen LogP contribution is 2.18. The lowest BCUT2D eigenvalue weighted by atomic mass is 10.1. The molecule has 3 aromatic carbocycles. The first kappa shape index (κ1) is 16.0. The molecule has 0 spiro atoms. The third-order valence-corrected chi connectivity index (χ3v) is 4.24. The van der Waals surface area contributed by atoms with Gasteiger partial charge < -0.3 is 5.73 Å². The summed E-state index contributed by atoms with van der Waals surface area (Å²) in [7, 11) is 0. The molecule has 3 heteroatoms. The van der Waals surface area contributed by atoms with E-state index in [2.05, 4.69) is 59.5 Å². The summed E-state index contributed by atoms with van der Waals surface area (Å²) in [5.74, 6) is 0. The molecule has 0 saturated carbocycles. The second-order valence-corrected chi connectivity index (χ2v) is 6.24. The highest BCUT2D eigenvalue weighted by Gasteiger charge is 2.07. The zero-order valence-corrected chi connectivity index (χ0v) is 13.8. The van der Waals surface area contributed by atoms with E-state index in [1.165, 1.54) is 21.9 Å². The quantitative estimate of drug-likeness (QED) is 0.725. The predicted molar refractivity (Wildman–Crippen MR) is 98.6 cm³/mol. The van der Waals surface area contributed by atoms with Crippen molar-refractivity contribution < 1.29 is 0 Å². The van der Waals surface area contributed by atoms with Crippen LogP contribution in [0.2, 0.25) is 5.02 Å². The molecule has 0 aliphatic carbocycles. The molecule has 3 rings (SSSR count). The Bertz CT molecular complexity index is 768. The van der Waals surface area contributed by atoms with Crippen LogP contribution in [0.1, 0.15) is 11.1 Å². The minimum Gasteiger partial charge on any atom is -0.329 e. The van der Waals surface area contributed by atoms with Gasteiger partial charge in [-0.05, 0) is 40.1 Å².